The molecule has 1 aromatic carbocycles. The van der Waals surface area contributed by atoms with Gasteiger partial charge < -0.3 is 24.1 Å². The molecule has 150 valence electrons. The maximum Gasteiger partial charge on any atom is 0.258 e. The van der Waals surface area contributed by atoms with Gasteiger partial charge in [-0.25, -0.2) is 0 Å². The van der Waals surface area contributed by atoms with E-state index in [2.05, 4.69) is 12.2 Å². The van der Waals surface area contributed by atoms with E-state index in [0.717, 1.165) is 25.0 Å². The van der Waals surface area contributed by atoms with Crippen molar-refractivity contribution in [3.05, 3.63) is 48.4 Å². The standard InChI is InChI=1S/C21H26N2O5/c1-2-12-27-18-3-5-19(6-4-18)28-15-20(24)22-17-7-10-23(11-8-17)21(25)16-9-13-26-14-16/h3-6,9,13-14,17H,2,7-8,10-12,15H2,1H3,(H,22,24). The monoisotopic (exact) mass is 386 g/mol. The van der Waals surface area contributed by atoms with Crippen LogP contribution < -0.4 is 14.8 Å². The molecule has 3 rings (SSSR count). The van der Waals surface area contributed by atoms with Crippen molar-refractivity contribution in [2.75, 3.05) is 26.3 Å². The highest BCUT2D eigenvalue weighted by Gasteiger charge is 2.25. The van der Waals surface area contributed by atoms with Gasteiger partial charge in [-0.1, -0.05) is 6.92 Å². The predicted octanol–water partition coefficient (Wildman–Crippen LogP) is 2.87. The summed E-state index contributed by atoms with van der Waals surface area (Å²) >= 11 is 0. The Morgan fingerprint density at radius 2 is 1.79 bits per heavy atom. The molecule has 0 aliphatic carbocycles. The van der Waals surface area contributed by atoms with Gasteiger partial charge in [0, 0.05) is 19.1 Å². The molecule has 7 nitrogen and oxygen atoms in total. The van der Waals surface area contributed by atoms with Crippen LogP contribution in [0, 0.1) is 0 Å². The van der Waals surface area contributed by atoms with Crippen LogP contribution in [0.15, 0.2) is 47.3 Å². The number of amides is 2. The van der Waals surface area contributed by atoms with E-state index in [-0.39, 0.29) is 24.5 Å². The van der Waals surface area contributed by atoms with E-state index in [4.69, 9.17) is 13.9 Å². The van der Waals surface area contributed by atoms with Gasteiger partial charge in [0.15, 0.2) is 6.61 Å². The van der Waals surface area contributed by atoms with Crippen LogP contribution >= 0.6 is 0 Å². The van der Waals surface area contributed by atoms with Crippen LogP contribution in [0.5, 0.6) is 11.5 Å². The lowest BCUT2D eigenvalue weighted by Gasteiger charge is -2.32. The molecule has 2 amide bonds. The number of nitrogens with zero attached hydrogens (tertiary/aromatic N) is 1. The first-order valence-corrected chi connectivity index (χ1v) is 9.62. The zero-order chi connectivity index (χ0) is 19.8. The fourth-order valence-electron chi connectivity index (χ4n) is 3.07. The fraction of sp³-hybridized carbons (Fsp3) is 0.429. The van der Waals surface area contributed by atoms with E-state index < -0.39 is 0 Å². The Morgan fingerprint density at radius 1 is 1.11 bits per heavy atom. The van der Waals surface area contributed by atoms with Gasteiger partial charge in [0.25, 0.3) is 11.8 Å². The third-order valence-electron chi connectivity index (χ3n) is 4.58. The first kappa shape index (κ1) is 19.8. The molecule has 0 radical (unpaired) electrons. The van der Waals surface area contributed by atoms with Gasteiger partial charge in [-0.3, -0.25) is 9.59 Å². The van der Waals surface area contributed by atoms with Gasteiger partial charge in [-0.15, -0.1) is 0 Å². The number of carbonyl (C=O) groups is 2. The third-order valence-corrected chi connectivity index (χ3v) is 4.58. The van der Waals surface area contributed by atoms with Gasteiger partial charge >= 0.3 is 0 Å². The van der Waals surface area contributed by atoms with Crippen LogP contribution in [0.1, 0.15) is 36.5 Å². The van der Waals surface area contributed by atoms with Crippen LogP contribution in [0.4, 0.5) is 0 Å². The van der Waals surface area contributed by atoms with E-state index in [0.29, 0.717) is 31.0 Å². The topological polar surface area (TPSA) is 81.0 Å². The second kappa shape index (κ2) is 9.82. The lowest BCUT2D eigenvalue weighted by atomic mass is 10.0. The van der Waals surface area contributed by atoms with Crippen LogP contribution in [0.2, 0.25) is 0 Å². The van der Waals surface area contributed by atoms with Crippen molar-refractivity contribution in [1.82, 2.24) is 10.2 Å². The number of likely N-dealkylation sites (tertiary alicyclic amines) is 1. The molecule has 28 heavy (non-hydrogen) atoms. The van der Waals surface area contributed by atoms with Crippen molar-refractivity contribution in [2.45, 2.75) is 32.2 Å². The number of hydrogen-bond donors (Lipinski definition) is 1. The molecule has 0 saturated carbocycles. The summed E-state index contributed by atoms with van der Waals surface area (Å²) in [5.41, 5.74) is 0.557. The fourth-order valence-corrected chi connectivity index (χ4v) is 3.07. The van der Waals surface area contributed by atoms with Crippen LogP contribution in [-0.4, -0.2) is 49.1 Å². The summed E-state index contributed by atoms with van der Waals surface area (Å²) in [5, 5.41) is 2.98. The van der Waals surface area contributed by atoms with Crippen LogP contribution in [0.25, 0.3) is 0 Å². The first-order chi connectivity index (χ1) is 13.7. The summed E-state index contributed by atoms with van der Waals surface area (Å²) < 4.78 is 16.0. The van der Waals surface area contributed by atoms with Crippen molar-refractivity contribution < 1.29 is 23.5 Å². The van der Waals surface area contributed by atoms with Crippen molar-refractivity contribution in [1.29, 1.82) is 0 Å². The molecular weight excluding hydrogens is 360 g/mol. The van der Waals surface area contributed by atoms with E-state index >= 15 is 0 Å². The molecule has 1 aromatic heterocycles. The van der Waals surface area contributed by atoms with Gasteiger partial charge in [-0.2, -0.15) is 0 Å². The van der Waals surface area contributed by atoms with Crippen molar-refractivity contribution >= 4 is 11.8 Å². The minimum Gasteiger partial charge on any atom is -0.494 e. The molecule has 0 atom stereocenters. The number of furan rings is 1. The first-order valence-electron chi connectivity index (χ1n) is 9.62. The Balaban J connectivity index is 1.37. The molecule has 7 heteroatoms. The lowest BCUT2D eigenvalue weighted by Crippen LogP contribution is -2.47. The Hall–Kier alpha value is -2.96. The highest BCUT2D eigenvalue weighted by atomic mass is 16.5. The van der Waals surface area contributed by atoms with E-state index in [1.54, 1.807) is 23.1 Å². The normalized spacial score (nSPS) is 14.5. The largest absolute Gasteiger partial charge is 0.494 e. The summed E-state index contributed by atoms with van der Waals surface area (Å²) in [6.45, 7) is 3.90. The number of benzene rings is 1. The number of rotatable bonds is 8. The number of hydrogen-bond acceptors (Lipinski definition) is 5. The Labute approximate surface area is 164 Å². The average Bonchev–Trinajstić information content (AvgIpc) is 3.26. The van der Waals surface area contributed by atoms with Crippen molar-refractivity contribution in [3.8, 4) is 11.5 Å². The molecule has 0 bridgehead atoms. The van der Waals surface area contributed by atoms with E-state index in [1.807, 2.05) is 12.1 Å². The highest BCUT2D eigenvalue weighted by Crippen LogP contribution is 2.18. The summed E-state index contributed by atoms with van der Waals surface area (Å²) in [6.07, 6.45) is 5.34. The summed E-state index contributed by atoms with van der Waals surface area (Å²) in [4.78, 5) is 26.2. The molecule has 2 heterocycles. The zero-order valence-electron chi connectivity index (χ0n) is 16.1. The predicted molar refractivity (Wildman–Crippen MR) is 103 cm³/mol. The molecule has 2 aromatic rings. The number of piperidine rings is 1. The van der Waals surface area contributed by atoms with Gasteiger partial charge in [0.2, 0.25) is 0 Å². The molecule has 1 N–H and O–H groups in total. The second-order valence-electron chi connectivity index (χ2n) is 6.75. The van der Waals surface area contributed by atoms with Crippen molar-refractivity contribution in [2.24, 2.45) is 0 Å². The van der Waals surface area contributed by atoms with Gasteiger partial charge in [0.05, 0.1) is 18.4 Å². The van der Waals surface area contributed by atoms with Crippen molar-refractivity contribution in [3.63, 3.8) is 0 Å². The Morgan fingerprint density at radius 3 is 2.39 bits per heavy atom. The average molecular weight is 386 g/mol. The van der Waals surface area contributed by atoms with Gasteiger partial charge in [-0.05, 0) is 49.6 Å². The maximum absolute atomic E-state index is 12.3. The molecule has 1 saturated heterocycles. The highest BCUT2D eigenvalue weighted by molar-refractivity contribution is 5.93. The van der Waals surface area contributed by atoms with Crippen LogP contribution in [0.3, 0.4) is 0 Å². The van der Waals surface area contributed by atoms with E-state index in [9.17, 15) is 9.59 Å². The zero-order valence-corrected chi connectivity index (χ0v) is 16.1. The smallest absolute Gasteiger partial charge is 0.258 e. The number of ether oxygens (including phenoxy) is 2. The quantitative estimate of drug-likeness (QED) is 0.755. The summed E-state index contributed by atoms with van der Waals surface area (Å²) in [7, 11) is 0. The lowest BCUT2D eigenvalue weighted by molar-refractivity contribution is -0.124. The van der Waals surface area contributed by atoms with E-state index in [1.165, 1.54) is 12.5 Å². The minimum atomic E-state index is -0.161. The molecule has 0 unspecified atom stereocenters. The molecule has 1 aliphatic rings. The molecule has 1 fully saturated rings. The van der Waals surface area contributed by atoms with Crippen LogP contribution in [-0.2, 0) is 4.79 Å². The third kappa shape index (κ3) is 5.52. The Bertz CT molecular complexity index is 750. The molecular formula is C21H26N2O5. The number of carbonyl (C=O) groups excluding carboxylic acids is 2. The number of nitrogens with one attached hydrogen (secondary N) is 1. The molecule has 0 spiro atoms. The summed E-state index contributed by atoms with van der Waals surface area (Å²) in [5.74, 6) is 1.22. The summed E-state index contributed by atoms with van der Waals surface area (Å²) in [6, 6.07) is 8.95. The Kier molecular flexibility index (Phi) is 6.94. The second-order valence-corrected chi connectivity index (χ2v) is 6.75. The maximum atomic E-state index is 12.3. The van der Waals surface area contributed by atoms with Gasteiger partial charge in [0.1, 0.15) is 17.8 Å². The molecule has 1 aliphatic heterocycles. The minimum absolute atomic E-state index is 0.0341. The SMILES string of the molecule is CCCOc1ccc(OCC(=O)NC2CCN(C(=O)c3ccoc3)CC2)cc1.